The zero-order chi connectivity index (χ0) is 24.6. The number of aryl methyl sites for hydroxylation is 3. The first kappa shape index (κ1) is 23.8. The van der Waals surface area contributed by atoms with E-state index in [0.717, 1.165) is 5.56 Å². The lowest BCUT2D eigenvalue weighted by atomic mass is 10.1. The third kappa shape index (κ3) is 4.67. The molecular weight excluding hydrogens is 458 g/mol. The maximum absolute atomic E-state index is 14.7. The van der Waals surface area contributed by atoms with Crippen LogP contribution in [0.2, 0.25) is 0 Å². The fraction of sp³-hybridized carbons (Fsp3) is 0.240. The maximum atomic E-state index is 14.7. The number of anilines is 1. The molecule has 1 aromatic heterocycles. The van der Waals surface area contributed by atoms with Gasteiger partial charge in [0.1, 0.15) is 11.6 Å². The van der Waals surface area contributed by atoms with Gasteiger partial charge in [0, 0.05) is 18.0 Å². The van der Waals surface area contributed by atoms with Crippen LogP contribution in [0.1, 0.15) is 23.6 Å². The second kappa shape index (κ2) is 9.15. The van der Waals surface area contributed by atoms with E-state index in [2.05, 4.69) is 15.1 Å². The highest BCUT2D eigenvalue weighted by atomic mass is 32.2. The van der Waals surface area contributed by atoms with Crippen molar-refractivity contribution in [2.45, 2.75) is 38.6 Å². The predicted molar refractivity (Wildman–Crippen MR) is 130 cm³/mol. The van der Waals surface area contributed by atoms with Gasteiger partial charge in [-0.15, -0.1) is 0 Å². The second-order valence-electron chi connectivity index (χ2n) is 8.52. The summed E-state index contributed by atoms with van der Waals surface area (Å²) in [7, 11) is -3.76. The molecule has 9 heteroatoms. The van der Waals surface area contributed by atoms with Crippen molar-refractivity contribution < 1.29 is 17.2 Å². The van der Waals surface area contributed by atoms with Gasteiger partial charge in [0.15, 0.2) is 0 Å². The van der Waals surface area contributed by atoms with Crippen LogP contribution in [0.5, 0.6) is 0 Å². The average Bonchev–Trinajstić information content (AvgIpc) is 3.16. The minimum absolute atomic E-state index is 0.154. The molecule has 0 radical (unpaired) electrons. The summed E-state index contributed by atoms with van der Waals surface area (Å²) in [5.41, 5.74) is 3.84. The molecule has 0 aliphatic heterocycles. The Morgan fingerprint density at radius 2 is 1.65 bits per heavy atom. The molecular formula is C25H26F2N4O2S. The van der Waals surface area contributed by atoms with Crippen molar-refractivity contribution in [1.29, 1.82) is 0 Å². The SMILES string of the molecule is Cc1cc(C)c(S(=O)(=O)NC(C)CNc2c(F)ccc3c2cnn3-c2ccc(F)cc2)c(C)c1. The molecule has 0 fully saturated rings. The molecule has 1 heterocycles. The van der Waals surface area contributed by atoms with Crippen LogP contribution in [0, 0.1) is 32.4 Å². The first-order valence-electron chi connectivity index (χ1n) is 10.8. The van der Waals surface area contributed by atoms with E-state index in [4.69, 9.17) is 0 Å². The van der Waals surface area contributed by atoms with E-state index < -0.39 is 21.9 Å². The van der Waals surface area contributed by atoms with Crippen molar-refractivity contribution in [3.8, 4) is 5.69 Å². The molecule has 34 heavy (non-hydrogen) atoms. The van der Waals surface area contributed by atoms with Crippen molar-refractivity contribution in [2.75, 3.05) is 11.9 Å². The average molecular weight is 485 g/mol. The Labute approximate surface area is 197 Å². The summed E-state index contributed by atoms with van der Waals surface area (Å²) in [6, 6.07) is 11.9. The number of halogens is 2. The zero-order valence-corrected chi connectivity index (χ0v) is 20.2. The monoisotopic (exact) mass is 484 g/mol. The smallest absolute Gasteiger partial charge is 0.241 e. The molecule has 0 spiro atoms. The molecule has 0 aliphatic rings. The molecule has 0 saturated heterocycles. The number of hydrogen-bond acceptors (Lipinski definition) is 4. The van der Waals surface area contributed by atoms with E-state index in [0.29, 0.717) is 27.7 Å². The minimum Gasteiger partial charge on any atom is -0.380 e. The van der Waals surface area contributed by atoms with Gasteiger partial charge in [-0.3, -0.25) is 0 Å². The van der Waals surface area contributed by atoms with Gasteiger partial charge in [0.25, 0.3) is 0 Å². The molecule has 2 N–H and O–H groups in total. The van der Waals surface area contributed by atoms with Gasteiger partial charge in [0.05, 0.1) is 28.0 Å². The Bertz CT molecular complexity index is 1440. The van der Waals surface area contributed by atoms with E-state index >= 15 is 0 Å². The summed E-state index contributed by atoms with van der Waals surface area (Å²) in [6.07, 6.45) is 1.53. The number of sulfonamides is 1. The summed E-state index contributed by atoms with van der Waals surface area (Å²) in [6.45, 7) is 7.33. The third-order valence-corrected chi connectivity index (χ3v) is 7.48. The predicted octanol–water partition coefficient (Wildman–Crippen LogP) is 5.01. The summed E-state index contributed by atoms with van der Waals surface area (Å²) in [5, 5.41) is 7.88. The molecule has 178 valence electrons. The number of fused-ring (bicyclic) bond motifs is 1. The normalized spacial score (nSPS) is 12.8. The van der Waals surface area contributed by atoms with Crippen LogP contribution in [0.25, 0.3) is 16.6 Å². The Morgan fingerprint density at radius 1 is 1.00 bits per heavy atom. The largest absolute Gasteiger partial charge is 0.380 e. The van der Waals surface area contributed by atoms with Gasteiger partial charge in [0.2, 0.25) is 10.0 Å². The zero-order valence-electron chi connectivity index (χ0n) is 19.4. The van der Waals surface area contributed by atoms with Gasteiger partial charge in [-0.2, -0.15) is 5.10 Å². The molecule has 1 unspecified atom stereocenters. The van der Waals surface area contributed by atoms with Crippen molar-refractivity contribution in [3.63, 3.8) is 0 Å². The number of rotatable bonds is 7. The molecule has 0 aliphatic carbocycles. The quantitative estimate of drug-likeness (QED) is 0.387. The van der Waals surface area contributed by atoms with Gasteiger partial charge in [-0.25, -0.2) is 26.6 Å². The Hall–Kier alpha value is -3.30. The number of benzene rings is 3. The number of hydrogen-bond donors (Lipinski definition) is 2. The number of nitrogens with one attached hydrogen (secondary N) is 2. The standard InChI is InChI=1S/C25H26F2N4O2S/c1-15-11-16(2)25(17(3)12-15)34(32,33)30-18(4)13-28-24-21-14-29-31(23(21)10-9-22(24)27)20-7-5-19(26)6-8-20/h5-12,14,18,28,30H,13H2,1-4H3. The maximum Gasteiger partial charge on any atom is 0.241 e. The lowest BCUT2D eigenvalue weighted by molar-refractivity contribution is 0.564. The van der Waals surface area contributed by atoms with Crippen LogP contribution in [0.4, 0.5) is 14.5 Å². The molecule has 0 amide bonds. The first-order chi connectivity index (χ1) is 16.1. The summed E-state index contributed by atoms with van der Waals surface area (Å²) in [5.74, 6) is -0.840. The van der Waals surface area contributed by atoms with Gasteiger partial charge < -0.3 is 5.32 Å². The van der Waals surface area contributed by atoms with Crippen molar-refractivity contribution in [1.82, 2.24) is 14.5 Å². The molecule has 6 nitrogen and oxygen atoms in total. The Kier molecular flexibility index (Phi) is 6.42. The number of nitrogens with zero attached hydrogens (tertiary/aromatic N) is 2. The molecule has 4 rings (SSSR count). The second-order valence-corrected chi connectivity index (χ2v) is 10.2. The van der Waals surface area contributed by atoms with Crippen molar-refractivity contribution in [3.05, 3.63) is 83.1 Å². The van der Waals surface area contributed by atoms with Crippen LogP contribution in [0.15, 0.2) is 59.6 Å². The van der Waals surface area contributed by atoms with Gasteiger partial charge in [-0.05, 0) is 75.2 Å². The van der Waals surface area contributed by atoms with E-state index in [1.807, 2.05) is 19.1 Å². The highest BCUT2D eigenvalue weighted by molar-refractivity contribution is 7.89. The Balaban J connectivity index is 1.55. The fourth-order valence-corrected chi connectivity index (χ4v) is 5.95. The van der Waals surface area contributed by atoms with Crippen LogP contribution in [0.3, 0.4) is 0 Å². The lowest BCUT2D eigenvalue weighted by Gasteiger charge is -2.19. The van der Waals surface area contributed by atoms with E-state index in [9.17, 15) is 17.2 Å². The highest BCUT2D eigenvalue weighted by Crippen LogP contribution is 2.28. The molecule has 3 aromatic carbocycles. The topological polar surface area (TPSA) is 76.0 Å². The first-order valence-corrected chi connectivity index (χ1v) is 12.3. The van der Waals surface area contributed by atoms with E-state index in [-0.39, 0.29) is 22.9 Å². The van der Waals surface area contributed by atoms with E-state index in [1.165, 1.54) is 24.4 Å². The fourth-order valence-electron chi connectivity index (χ4n) is 4.25. The van der Waals surface area contributed by atoms with Gasteiger partial charge >= 0.3 is 0 Å². The van der Waals surface area contributed by atoms with Crippen molar-refractivity contribution in [2.24, 2.45) is 0 Å². The summed E-state index contributed by atoms with van der Waals surface area (Å²) >= 11 is 0. The van der Waals surface area contributed by atoms with E-state index in [1.54, 1.807) is 43.7 Å². The molecule has 4 aromatic rings. The van der Waals surface area contributed by atoms with Crippen LogP contribution in [-0.2, 0) is 10.0 Å². The third-order valence-electron chi connectivity index (χ3n) is 5.59. The van der Waals surface area contributed by atoms with Crippen LogP contribution >= 0.6 is 0 Å². The molecule has 0 bridgehead atoms. The minimum atomic E-state index is -3.76. The van der Waals surface area contributed by atoms with Crippen LogP contribution < -0.4 is 10.0 Å². The van der Waals surface area contributed by atoms with Gasteiger partial charge in [-0.1, -0.05) is 17.7 Å². The molecule has 1 atom stereocenters. The lowest BCUT2D eigenvalue weighted by Crippen LogP contribution is -2.38. The Morgan fingerprint density at radius 3 is 2.29 bits per heavy atom. The summed E-state index contributed by atoms with van der Waals surface area (Å²) < 4.78 is 58.3. The molecule has 0 saturated carbocycles. The van der Waals surface area contributed by atoms with Crippen molar-refractivity contribution >= 4 is 26.6 Å². The summed E-state index contributed by atoms with van der Waals surface area (Å²) in [4.78, 5) is 0.263. The number of aromatic nitrogens is 2. The highest BCUT2D eigenvalue weighted by Gasteiger charge is 2.22. The van der Waals surface area contributed by atoms with Crippen LogP contribution in [-0.4, -0.2) is 30.8 Å².